The molecule has 1 saturated carbocycles. The first-order valence-electron chi connectivity index (χ1n) is 9.08. The maximum absolute atomic E-state index is 12.3. The van der Waals surface area contributed by atoms with Gasteiger partial charge in [-0.05, 0) is 30.4 Å². The molecule has 4 atom stereocenters. The molecule has 2 fully saturated rings. The molecule has 25 heavy (non-hydrogen) atoms. The standard InChI is InChI=1S/C21H24N2O2/c24-21(23-19-14-18(19)15-7-3-1-4-8-15)22-17-11-12-25-20(13-17)16-9-5-2-6-10-16/h1-10,17-20H,11-14H2,(H2,22,23,24)/t17-,18+,19-,20+/m1/s1. The summed E-state index contributed by atoms with van der Waals surface area (Å²) < 4.78 is 5.87. The minimum absolute atomic E-state index is 0.0536. The van der Waals surface area contributed by atoms with Crippen LogP contribution >= 0.6 is 0 Å². The fourth-order valence-electron chi connectivity index (χ4n) is 3.65. The summed E-state index contributed by atoms with van der Waals surface area (Å²) in [4.78, 5) is 12.3. The molecule has 1 aliphatic heterocycles. The topological polar surface area (TPSA) is 50.4 Å². The molecule has 2 aliphatic rings. The summed E-state index contributed by atoms with van der Waals surface area (Å²) in [5.74, 6) is 0.457. The van der Waals surface area contributed by atoms with E-state index in [1.54, 1.807) is 0 Å². The van der Waals surface area contributed by atoms with Crippen LogP contribution in [0.1, 0.15) is 42.4 Å². The summed E-state index contributed by atoms with van der Waals surface area (Å²) in [5.41, 5.74) is 2.49. The molecular formula is C21H24N2O2. The highest BCUT2D eigenvalue weighted by Crippen LogP contribution is 2.40. The normalized spacial score (nSPS) is 28.2. The van der Waals surface area contributed by atoms with E-state index in [9.17, 15) is 4.79 Å². The summed E-state index contributed by atoms with van der Waals surface area (Å²) in [6.07, 6.45) is 2.78. The maximum Gasteiger partial charge on any atom is 0.315 e. The molecule has 1 saturated heterocycles. The fraction of sp³-hybridized carbons (Fsp3) is 0.381. The van der Waals surface area contributed by atoms with E-state index >= 15 is 0 Å². The Morgan fingerprint density at radius 2 is 1.56 bits per heavy atom. The van der Waals surface area contributed by atoms with E-state index in [4.69, 9.17) is 4.74 Å². The van der Waals surface area contributed by atoms with Crippen LogP contribution in [0, 0.1) is 0 Å². The van der Waals surface area contributed by atoms with Crippen molar-refractivity contribution in [2.45, 2.75) is 43.4 Å². The molecule has 0 radical (unpaired) electrons. The molecule has 2 amide bonds. The van der Waals surface area contributed by atoms with Gasteiger partial charge in [-0.25, -0.2) is 4.79 Å². The third-order valence-corrected chi connectivity index (χ3v) is 5.13. The Kier molecular flexibility index (Phi) is 4.70. The van der Waals surface area contributed by atoms with Crippen molar-refractivity contribution in [3.8, 4) is 0 Å². The first-order chi connectivity index (χ1) is 12.3. The molecule has 2 N–H and O–H groups in total. The molecule has 2 aromatic rings. The van der Waals surface area contributed by atoms with Gasteiger partial charge >= 0.3 is 6.03 Å². The lowest BCUT2D eigenvalue weighted by atomic mass is 9.97. The highest BCUT2D eigenvalue weighted by Gasteiger charge is 2.39. The Bertz CT molecular complexity index is 704. The SMILES string of the molecule is O=C(N[C@@H]1CCO[C@H](c2ccccc2)C1)N[C@@H]1C[C@H]1c1ccccc1. The van der Waals surface area contributed by atoms with Crippen molar-refractivity contribution in [3.63, 3.8) is 0 Å². The molecule has 4 rings (SSSR count). The molecule has 0 unspecified atom stereocenters. The van der Waals surface area contributed by atoms with Gasteiger partial charge in [0.05, 0.1) is 6.10 Å². The zero-order valence-corrected chi connectivity index (χ0v) is 14.2. The second-order valence-electron chi connectivity index (χ2n) is 6.97. The molecule has 4 heteroatoms. The second kappa shape index (κ2) is 7.28. The number of hydrogen-bond acceptors (Lipinski definition) is 2. The van der Waals surface area contributed by atoms with Crippen molar-refractivity contribution in [2.75, 3.05) is 6.61 Å². The Morgan fingerprint density at radius 1 is 0.880 bits per heavy atom. The van der Waals surface area contributed by atoms with Gasteiger partial charge in [0, 0.05) is 24.6 Å². The number of ether oxygens (including phenoxy) is 1. The number of carbonyl (C=O) groups excluding carboxylic acids is 1. The van der Waals surface area contributed by atoms with Crippen LogP contribution in [-0.2, 0) is 4.74 Å². The monoisotopic (exact) mass is 336 g/mol. The lowest BCUT2D eigenvalue weighted by molar-refractivity contribution is 0.00225. The van der Waals surface area contributed by atoms with E-state index in [1.165, 1.54) is 11.1 Å². The van der Waals surface area contributed by atoms with E-state index in [0.717, 1.165) is 19.3 Å². The van der Waals surface area contributed by atoms with Gasteiger partial charge in [0.2, 0.25) is 0 Å². The molecule has 0 spiro atoms. The predicted octanol–water partition coefficient (Wildman–Crippen LogP) is 3.76. The zero-order chi connectivity index (χ0) is 17.1. The summed E-state index contributed by atoms with van der Waals surface area (Å²) in [6, 6.07) is 21.0. The minimum Gasteiger partial charge on any atom is -0.373 e. The lowest BCUT2D eigenvalue weighted by Gasteiger charge is -2.30. The number of urea groups is 1. The van der Waals surface area contributed by atoms with Crippen molar-refractivity contribution < 1.29 is 9.53 Å². The number of nitrogens with one attached hydrogen (secondary N) is 2. The van der Waals surface area contributed by atoms with Crippen molar-refractivity contribution in [3.05, 3.63) is 71.8 Å². The van der Waals surface area contributed by atoms with Gasteiger partial charge in [-0.2, -0.15) is 0 Å². The first kappa shape index (κ1) is 16.2. The Hall–Kier alpha value is -2.33. The fourth-order valence-corrected chi connectivity index (χ4v) is 3.65. The van der Waals surface area contributed by atoms with Gasteiger partial charge in [0.1, 0.15) is 0 Å². The minimum atomic E-state index is -0.0536. The van der Waals surface area contributed by atoms with Crippen LogP contribution in [-0.4, -0.2) is 24.7 Å². The van der Waals surface area contributed by atoms with Crippen molar-refractivity contribution in [2.24, 2.45) is 0 Å². The lowest BCUT2D eigenvalue weighted by Crippen LogP contribution is -2.45. The molecule has 0 aromatic heterocycles. The van der Waals surface area contributed by atoms with Gasteiger partial charge < -0.3 is 15.4 Å². The van der Waals surface area contributed by atoms with Crippen molar-refractivity contribution in [1.29, 1.82) is 0 Å². The van der Waals surface area contributed by atoms with Crippen LogP contribution < -0.4 is 10.6 Å². The van der Waals surface area contributed by atoms with Crippen molar-refractivity contribution >= 4 is 6.03 Å². The molecule has 130 valence electrons. The van der Waals surface area contributed by atoms with Crippen LogP contribution in [0.5, 0.6) is 0 Å². The average molecular weight is 336 g/mol. The average Bonchev–Trinajstić information content (AvgIpc) is 3.42. The summed E-state index contributed by atoms with van der Waals surface area (Å²) in [7, 11) is 0. The van der Waals surface area contributed by atoms with E-state index in [-0.39, 0.29) is 24.2 Å². The number of carbonyl (C=O) groups is 1. The smallest absolute Gasteiger partial charge is 0.315 e. The number of hydrogen-bond donors (Lipinski definition) is 2. The van der Waals surface area contributed by atoms with Crippen LogP contribution in [0.2, 0.25) is 0 Å². The van der Waals surface area contributed by atoms with Crippen LogP contribution in [0.25, 0.3) is 0 Å². The second-order valence-corrected chi connectivity index (χ2v) is 6.97. The van der Waals surface area contributed by atoms with Crippen LogP contribution in [0.15, 0.2) is 60.7 Å². The van der Waals surface area contributed by atoms with E-state index in [0.29, 0.717) is 12.5 Å². The predicted molar refractivity (Wildman–Crippen MR) is 97.4 cm³/mol. The molecule has 1 aliphatic carbocycles. The molecule has 1 heterocycles. The van der Waals surface area contributed by atoms with Crippen LogP contribution in [0.3, 0.4) is 0 Å². The van der Waals surface area contributed by atoms with Gasteiger partial charge in [-0.1, -0.05) is 60.7 Å². The zero-order valence-electron chi connectivity index (χ0n) is 14.2. The third kappa shape index (κ3) is 4.02. The number of benzene rings is 2. The van der Waals surface area contributed by atoms with E-state index < -0.39 is 0 Å². The largest absolute Gasteiger partial charge is 0.373 e. The first-order valence-corrected chi connectivity index (χ1v) is 9.08. The number of amides is 2. The van der Waals surface area contributed by atoms with Gasteiger partial charge in [-0.15, -0.1) is 0 Å². The van der Waals surface area contributed by atoms with E-state index in [1.807, 2.05) is 24.3 Å². The Labute approximate surface area is 148 Å². The highest BCUT2D eigenvalue weighted by atomic mass is 16.5. The van der Waals surface area contributed by atoms with Gasteiger partial charge in [0.15, 0.2) is 0 Å². The molecule has 2 aromatic carbocycles. The van der Waals surface area contributed by atoms with Gasteiger partial charge in [0.25, 0.3) is 0 Å². The Morgan fingerprint density at radius 3 is 2.28 bits per heavy atom. The maximum atomic E-state index is 12.3. The van der Waals surface area contributed by atoms with E-state index in [2.05, 4.69) is 47.0 Å². The summed E-state index contributed by atoms with van der Waals surface area (Å²) in [6.45, 7) is 0.681. The third-order valence-electron chi connectivity index (χ3n) is 5.13. The molecule has 4 nitrogen and oxygen atoms in total. The number of rotatable bonds is 4. The molecular weight excluding hydrogens is 312 g/mol. The Balaban J connectivity index is 1.27. The van der Waals surface area contributed by atoms with Gasteiger partial charge in [-0.3, -0.25) is 0 Å². The van der Waals surface area contributed by atoms with Crippen molar-refractivity contribution in [1.82, 2.24) is 10.6 Å². The molecule has 0 bridgehead atoms. The highest BCUT2D eigenvalue weighted by molar-refractivity contribution is 5.75. The quantitative estimate of drug-likeness (QED) is 0.893. The summed E-state index contributed by atoms with van der Waals surface area (Å²) >= 11 is 0. The van der Waals surface area contributed by atoms with Crippen LogP contribution in [0.4, 0.5) is 4.79 Å². The summed E-state index contributed by atoms with van der Waals surface area (Å²) in [5, 5.41) is 6.25.